The molecule has 0 saturated carbocycles. The Balaban J connectivity index is 2.61. The van der Waals surface area contributed by atoms with Gasteiger partial charge in [0, 0.05) is 5.54 Å². The molecule has 0 fully saturated rings. The molecule has 0 spiro atoms. The Morgan fingerprint density at radius 2 is 1.85 bits per heavy atom. The van der Waals surface area contributed by atoms with Crippen molar-refractivity contribution in [2.75, 3.05) is 13.6 Å². The van der Waals surface area contributed by atoms with Gasteiger partial charge in [-0.05, 0) is 46.4 Å². The number of halogens is 3. The maximum atomic E-state index is 12.3. The van der Waals surface area contributed by atoms with Crippen LogP contribution in [0.15, 0.2) is 10.5 Å². The lowest BCUT2D eigenvalue weighted by atomic mass is 10.1. The molecule has 20 heavy (non-hydrogen) atoms. The quantitative estimate of drug-likeness (QED) is 0.900. The summed E-state index contributed by atoms with van der Waals surface area (Å²) in [6.45, 7) is 7.81. The smallest absolute Gasteiger partial charge is 0.401 e. The number of furan rings is 1. The molecule has 0 saturated heterocycles. The molecule has 1 heterocycles. The first-order valence-electron chi connectivity index (χ1n) is 6.55. The zero-order valence-electron chi connectivity index (χ0n) is 12.7. The van der Waals surface area contributed by atoms with Crippen molar-refractivity contribution in [3.05, 3.63) is 23.2 Å². The summed E-state index contributed by atoms with van der Waals surface area (Å²) in [5.74, 6) is 1.33. The van der Waals surface area contributed by atoms with Crippen molar-refractivity contribution in [3.8, 4) is 0 Å². The van der Waals surface area contributed by atoms with Crippen LogP contribution < -0.4 is 5.32 Å². The second kappa shape index (κ2) is 6.18. The van der Waals surface area contributed by atoms with E-state index in [1.54, 1.807) is 6.07 Å². The van der Waals surface area contributed by atoms with Gasteiger partial charge in [-0.15, -0.1) is 0 Å². The number of nitrogens with one attached hydrogen (secondary N) is 1. The number of nitrogens with zero attached hydrogens (tertiary/aromatic N) is 1. The summed E-state index contributed by atoms with van der Waals surface area (Å²) >= 11 is 0. The van der Waals surface area contributed by atoms with E-state index in [9.17, 15) is 13.2 Å². The molecule has 116 valence electrons. The normalized spacial score (nSPS) is 13.2. The monoisotopic (exact) mass is 292 g/mol. The minimum atomic E-state index is -4.19. The molecule has 1 aromatic rings. The topological polar surface area (TPSA) is 28.4 Å². The Labute approximate surface area is 118 Å². The molecule has 0 aliphatic rings. The lowest BCUT2D eigenvalue weighted by Crippen LogP contribution is -2.35. The Bertz CT molecular complexity index is 433. The molecule has 0 aliphatic heterocycles. The summed E-state index contributed by atoms with van der Waals surface area (Å²) in [4.78, 5) is 1.19. The maximum absolute atomic E-state index is 12.3. The maximum Gasteiger partial charge on any atom is 0.401 e. The number of aryl methyl sites for hydroxylation is 1. The number of alkyl halides is 3. The van der Waals surface area contributed by atoms with Gasteiger partial charge in [-0.3, -0.25) is 4.90 Å². The van der Waals surface area contributed by atoms with Crippen LogP contribution in [0.1, 0.15) is 37.9 Å². The molecule has 0 atom stereocenters. The van der Waals surface area contributed by atoms with Crippen LogP contribution >= 0.6 is 0 Å². The fourth-order valence-corrected chi connectivity index (χ4v) is 1.82. The van der Waals surface area contributed by atoms with E-state index in [0.29, 0.717) is 12.3 Å². The minimum absolute atomic E-state index is 0.0352. The minimum Gasteiger partial charge on any atom is -0.463 e. The van der Waals surface area contributed by atoms with Gasteiger partial charge in [0.1, 0.15) is 11.5 Å². The molecular weight excluding hydrogens is 269 g/mol. The number of rotatable bonds is 5. The number of hydrogen-bond donors (Lipinski definition) is 1. The highest BCUT2D eigenvalue weighted by atomic mass is 19.4. The van der Waals surface area contributed by atoms with Crippen molar-refractivity contribution in [1.82, 2.24) is 10.2 Å². The van der Waals surface area contributed by atoms with Gasteiger partial charge >= 0.3 is 6.18 Å². The average molecular weight is 292 g/mol. The van der Waals surface area contributed by atoms with Gasteiger partial charge in [0.2, 0.25) is 0 Å². The molecule has 0 unspecified atom stereocenters. The molecule has 3 nitrogen and oxygen atoms in total. The van der Waals surface area contributed by atoms with Crippen LogP contribution in [0.4, 0.5) is 13.2 Å². The fraction of sp³-hybridized carbons (Fsp3) is 0.714. The highest BCUT2D eigenvalue weighted by Gasteiger charge is 2.29. The van der Waals surface area contributed by atoms with Gasteiger partial charge in [0.15, 0.2) is 0 Å². The summed E-state index contributed by atoms with van der Waals surface area (Å²) in [6.07, 6.45) is -4.19. The molecule has 0 aromatic carbocycles. The van der Waals surface area contributed by atoms with Gasteiger partial charge in [0.05, 0.1) is 19.6 Å². The van der Waals surface area contributed by atoms with E-state index >= 15 is 0 Å². The second-order valence-electron chi connectivity index (χ2n) is 6.21. The van der Waals surface area contributed by atoms with Crippen molar-refractivity contribution in [1.29, 1.82) is 0 Å². The number of hydrogen-bond acceptors (Lipinski definition) is 3. The summed E-state index contributed by atoms with van der Waals surface area (Å²) in [6, 6.07) is 1.80. The van der Waals surface area contributed by atoms with Crippen molar-refractivity contribution in [2.24, 2.45) is 0 Å². The summed E-state index contributed by atoms with van der Waals surface area (Å²) in [7, 11) is 1.43. The first-order chi connectivity index (χ1) is 8.96. The van der Waals surface area contributed by atoms with E-state index in [1.165, 1.54) is 11.9 Å². The molecule has 0 aliphatic carbocycles. The summed E-state index contributed by atoms with van der Waals surface area (Å²) in [5, 5.41) is 3.30. The van der Waals surface area contributed by atoms with E-state index in [-0.39, 0.29) is 12.1 Å². The van der Waals surface area contributed by atoms with E-state index in [2.05, 4.69) is 5.32 Å². The molecule has 0 amide bonds. The zero-order valence-corrected chi connectivity index (χ0v) is 12.7. The van der Waals surface area contributed by atoms with Crippen molar-refractivity contribution < 1.29 is 17.6 Å². The van der Waals surface area contributed by atoms with Crippen molar-refractivity contribution in [3.63, 3.8) is 0 Å². The zero-order chi connectivity index (χ0) is 15.6. The Kier molecular flexibility index (Phi) is 5.27. The first-order valence-corrected chi connectivity index (χ1v) is 6.55. The standard InChI is InChI=1S/C14H23F3N2O/c1-10-6-11(8-19(5)9-14(15,16)17)20-12(10)7-18-13(2,3)4/h6,18H,7-9H2,1-5H3. The molecule has 0 radical (unpaired) electrons. The molecule has 1 rings (SSSR count). The molecular formula is C14H23F3N2O. The second-order valence-corrected chi connectivity index (χ2v) is 6.21. The fourth-order valence-electron chi connectivity index (χ4n) is 1.82. The van der Waals surface area contributed by atoms with Crippen LogP contribution in [-0.2, 0) is 13.1 Å². The van der Waals surface area contributed by atoms with Gasteiger partial charge in [-0.1, -0.05) is 0 Å². The lowest BCUT2D eigenvalue weighted by molar-refractivity contribution is -0.144. The van der Waals surface area contributed by atoms with Crippen molar-refractivity contribution >= 4 is 0 Å². The van der Waals surface area contributed by atoms with Crippen LogP contribution in [0.5, 0.6) is 0 Å². The van der Waals surface area contributed by atoms with Crippen LogP contribution in [0.3, 0.4) is 0 Å². The largest absolute Gasteiger partial charge is 0.463 e. The summed E-state index contributed by atoms with van der Waals surface area (Å²) < 4.78 is 42.4. The molecule has 0 bridgehead atoms. The van der Waals surface area contributed by atoms with E-state index in [0.717, 1.165) is 11.3 Å². The third-order valence-electron chi connectivity index (χ3n) is 2.73. The lowest BCUT2D eigenvalue weighted by Gasteiger charge is -2.20. The van der Waals surface area contributed by atoms with Gasteiger partial charge in [-0.25, -0.2) is 0 Å². The average Bonchev–Trinajstić information content (AvgIpc) is 2.51. The molecule has 1 aromatic heterocycles. The van der Waals surface area contributed by atoms with Crippen LogP contribution in [-0.4, -0.2) is 30.2 Å². The predicted octanol–water partition coefficient (Wildman–Crippen LogP) is 3.47. The van der Waals surface area contributed by atoms with E-state index < -0.39 is 12.7 Å². The molecule has 6 heteroatoms. The third-order valence-corrected chi connectivity index (χ3v) is 2.73. The van der Waals surface area contributed by atoms with Gasteiger partial charge in [0.25, 0.3) is 0 Å². The Hall–Kier alpha value is -1.01. The van der Waals surface area contributed by atoms with Crippen LogP contribution in [0.2, 0.25) is 0 Å². The SMILES string of the molecule is Cc1cc(CN(C)CC(F)(F)F)oc1CNC(C)(C)C. The summed E-state index contributed by atoms with van der Waals surface area (Å²) in [5.41, 5.74) is 0.920. The van der Waals surface area contributed by atoms with Gasteiger partial charge < -0.3 is 9.73 Å². The Morgan fingerprint density at radius 1 is 1.25 bits per heavy atom. The Morgan fingerprint density at radius 3 is 2.35 bits per heavy atom. The highest BCUT2D eigenvalue weighted by Crippen LogP contribution is 2.20. The van der Waals surface area contributed by atoms with E-state index in [1.807, 2.05) is 27.7 Å². The first kappa shape index (κ1) is 17.0. The van der Waals surface area contributed by atoms with Crippen molar-refractivity contribution in [2.45, 2.75) is 52.5 Å². The predicted molar refractivity (Wildman–Crippen MR) is 72.4 cm³/mol. The van der Waals surface area contributed by atoms with Gasteiger partial charge in [-0.2, -0.15) is 13.2 Å². The molecule has 1 N–H and O–H groups in total. The highest BCUT2D eigenvalue weighted by molar-refractivity contribution is 5.20. The van der Waals surface area contributed by atoms with Crippen LogP contribution in [0.25, 0.3) is 0 Å². The third kappa shape index (κ3) is 6.43. The van der Waals surface area contributed by atoms with Crippen LogP contribution in [0, 0.1) is 6.92 Å². The van der Waals surface area contributed by atoms with E-state index in [4.69, 9.17) is 4.42 Å².